The molecular weight excluding hydrogens is 130 g/mol. The van der Waals surface area contributed by atoms with Crippen molar-refractivity contribution in [3.05, 3.63) is 23.9 Å². The van der Waals surface area contributed by atoms with Gasteiger partial charge in [-0.05, 0) is 6.08 Å². The minimum atomic E-state index is -0.214. The number of allylic oxidation sites excluding steroid dienone is 1. The van der Waals surface area contributed by atoms with Crippen LogP contribution in [0.5, 0.6) is 0 Å². The first-order valence-electron chi connectivity index (χ1n) is 3.04. The van der Waals surface area contributed by atoms with E-state index in [1.807, 2.05) is 0 Å². The van der Waals surface area contributed by atoms with Crippen LogP contribution in [0.4, 0.5) is 0 Å². The van der Waals surface area contributed by atoms with Crippen LogP contribution < -0.4 is 0 Å². The van der Waals surface area contributed by atoms with Gasteiger partial charge < -0.3 is 0 Å². The van der Waals surface area contributed by atoms with Crippen LogP contribution in [0.2, 0.25) is 0 Å². The number of fused-ring (bicyclic) bond motifs is 1. The van der Waals surface area contributed by atoms with Gasteiger partial charge >= 0.3 is 0 Å². The summed E-state index contributed by atoms with van der Waals surface area (Å²) < 4.78 is 0. The summed E-state index contributed by atoms with van der Waals surface area (Å²) in [4.78, 5) is 22.9. The van der Waals surface area contributed by atoms with Crippen LogP contribution in [0.1, 0.15) is 6.42 Å². The van der Waals surface area contributed by atoms with Crippen molar-refractivity contribution in [2.75, 3.05) is 0 Å². The largest absolute Gasteiger partial charge is 0.274 e. The third-order valence-electron chi connectivity index (χ3n) is 1.61. The maximum Gasteiger partial charge on any atom is 0.257 e. The number of rotatable bonds is 0. The third-order valence-corrected chi connectivity index (χ3v) is 1.61. The molecule has 0 bridgehead atoms. The first kappa shape index (κ1) is 5.41. The van der Waals surface area contributed by atoms with Crippen molar-refractivity contribution in [3.8, 4) is 0 Å². The summed E-state index contributed by atoms with van der Waals surface area (Å²) >= 11 is 0. The molecule has 2 aliphatic rings. The molecule has 2 heterocycles. The van der Waals surface area contributed by atoms with Crippen LogP contribution in [0.3, 0.4) is 0 Å². The van der Waals surface area contributed by atoms with Crippen LogP contribution in [0.15, 0.2) is 23.9 Å². The molecular formula is C7H5NO2. The van der Waals surface area contributed by atoms with Crippen LogP contribution in [-0.2, 0) is 9.59 Å². The minimum absolute atomic E-state index is 0.120. The van der Waals surface area contributed by atoms with E-state index in [9.17, 15) is 9.59 Å². The van der Waals surface area contributed by atoms with Gasteiger partial charge in [0.2, 0.25) is 5.91 Å². The molecule has 10 heavy (non-hydrogen) atoms. The molecule has 0 atom stereocenters. The lowest BCUT2D eigenvalue weighted by Gasteiger charge is -2.06. The summed E-state index contributed by atoms with van der Waals surface area (Å²) in [5.74, 6) is -0.334. The standard InChI is InChI=1S/C7H5NO2/c9-6-3-1-5-2-4-7(10)8(5)6/h1-3H,4H2. The Balaban J connectivity index is 2.45. The Hall–Kier alpha value is -1.38. The van der Waals surface area contributed by atoms with Crippen molar-refractivity contribution in [1.29, 1.82) is 0 Å². The predicted molar refractivity (Wildman–Crippen MR) is 33.7 cm³/mol. The van der Waals surface area contributed by atoms with Crippen molar-refractivity contribution in [3.63, 3.8) is 0 Å². The Morgan fingerprint density at radius 1 is 1.30 bits per heavy atom. The maximum absolute atomic E-state index is 10.9. The summed E-state index contributed by atoms with van der Waals surface area (Å²) in [5, 5.41) is 0. The normalized spacial score (nSPS) is 22.0. The molecule has 0 aromatic heterocycles. The van der Waals surface area contributed by atoms with Crippen molar-refractivity contribution >= 4 is 11.8 Å². The zero-order chi connectivity index (χ0) is 7.14. The molecule has 3 heteroatoms. The van der Waals surface area contributed by atoms with Crippen molar-refractivity contribution in [1.82, 2.24) is 4.90 Å². The second-order valence-corrected chi connectivity index (χ2v) is 2.23. The molecule has 2 rings (SSSR count). The van der Waals surface area contributed by atoms with Gasteiger partial charge in [0.15, 0.2) is 0 Å². The summed E-state index contributed by atoms with van der Waals surface area (Å²) in [5.41, 5.74) is 0.731. The molecule has 2 amide bonds. The minimum Gasteiger partial charge on any atom is -0.274 e. The lowest BCUT2D eigenvalue weighted by atomic mass is 10.4. The highest BCUT2D eigenvalue weighted by Gasteiger charge is 2.30. The molecule has 0 aliphatic carbocycles. The SMILES string of the molecule is O=C1C=CC2=CCC(=O)N12. The first-order chi connectivity index (χ1) is 4.79. The van der Waals surface area contributed by atoms with Gasteiger partial charge in [-0.2, -0.15) is 0 Å². The number of amides is 2. The molecule has 3 nitrogen and oxygen atoms in total. The predicted octanol–water partition coefficient (Wildman–Crippen LogP) is 0.199. The maximum atomic E-state index is 10.9. The number of carbonyl (C=O) groups excluding carboxylic acids is 2. The third kappa shape index (κ3) is 0.492. The lowest BCUT2D eigenvalue weighted by Crippen LogP contribution is -2.26. The van der Waals surface area contributed by atoms with Gasteiger partial charge in [-0.25, -0.2) is 4.90 Å². The summed E-state index contributed by atoms with van der Waals surface area (Å²) in [7, 11) is 0. The monoisotopic (exact) mass is 135 g/mol. The summed E-state index contributed by atoms with van der Waals surface area (Å²) in [6.07, 6.45) is 5.19. The van der Waals surface area contributed by atoms with Gasteiger partial charge in [-0.15, -0.1) is 0 Å². The van der Waals surface area contributed by atoms with Crippen molar-refractivity contribution in [2.45, 2.75) is 6.42 Å². The van der Waals surface area contributed by atoms with Crippen LogP contribution in [0, 0.1) is 0 Å². The lowest BCUT2D eigenvalue weighted by molar-refractivity contribution is -0.136. The van der Waals surface area contributed by atoms with E-state index in [1.54, 1.807) is 12.2 Å². The van der Waals surface area contributed by atoms with E-state index < -0.39 is 0 Å². The van der Waals surface area contributed by atoms with Gasteiger partial charge in [0.25, 0.3) is 5.91 Å². The Morgan fingerprint density at radius 2 is 2.10 bits per heavy atom. The molecule has 0 unspecified atom stereocenters. The fourth-order valence-electron chi connectivity index (χ4n) is 1.14. The van der Waals surface area contributed by atoms with E-state index in [2.05, 4.69) is 0 Å². The van der Waals surface area contributed by atoms with E-state index in [4.69, 9.17) is 0 Å². The Morgan fingerprint density at radius 3 is 2.80 bits per heavy atom. The number of nitrogens with zero attached hydrogens (tertiary/aromatic N) is 1. The van der Waals surface area contributed by atoms with Gasteiger partial charge in [0.05, 0.1) is 0 Å². The molecule has 50 valence electrons. The van der Waals surface area contributed by atoms with Crippen molar-refractivity contribution < 1.29 is 9.59 Å². The molecule has 0 radical (unpaired) electrons. The van der Waals surface area contributed by atoms with Gasteiger partial charge in [0, 0.05) is 18.2 Å². The highest BCUT2D eigenvalue weighted by atomic mass is 16.2. The summed E-state index contributed by atoms with van der Waals surface area (Å²) in [6.45, 7) is 0. The Labute approximate surface area is 57.6 Å². The Kier molecular flexibility index (Phi) is 0.845. The first-order valence-corrected chi connectivity index (χ1v) is 3.04. The van der Waals surface area contributed by atoms with Crippen molar-refractivity contribution in [2.24, 2.45) is 0 Å². The van der Waals surface area contributed by atoms with E-state index in [-0.39, 0.29) is 11.8 Å². The number of hydrogen-bond acceptors (Lipinski definition) is 2. The Bertz CT molecular complexity index is 275. The van der Waals surface area contributed by atoms with E-state index in [1.165, 1.54) is 11.0 Å². The van der Waals surface area contributed by atoms with Crippen LogP contribution in [-0.4, -0.2) is 16.7 Å². The molecule has 0 aromatic rings. The van der Waals surface area contributed by atoms with Crippen LogP contribution in [0.25, 0.3) is 0 Å². The van der Waals surface area contributed by atoms with Gasteiger partial charge in [0.1, 0.15) is 0 Å². The molecule has 2 aliphatic heterocycles. The molecule has 0 saturated heterocycles. The number of imide groups is 1. The zero-order valence-corrected chi connectivity index (χ0v) is 5.20. The molecule has 0 spiro atoms. The van der Waals surface area contributed by atoms with Gasteiger partial charge in [-0.3, -0.25) is 9.59 Å². The second-order valence-electron chi connectivity index (χ2n) is 2.23. The fourth-order valence-corrected chi connectivity index (χ4v) is 1.14. The molecule has 0 aromatic carbocycles. The average Bonchev–Trinajstić information content (AvgIpc) is 2.40. The van der Waals surface area contributed by atoms with Crippen LogP contribution >= 0.6 is 0 Å². The van der Waals surface area contributed by atoms with E-state index in [0.29, 0.717) is 6.42 Å². The zero-order valence-electron chi connectivity index (χ0n) is 5.20. The van der Waals surface area contributed by atoms with Gasteiger partial charge in [-0.1, -0.05) is 6.08 Å². The highest BCUT2D eigenvalue weighted by molar-refractivity contribution is 6.08. The number of carbonyl (C=O) groups is 2. The fraction of sp³-hybridized carbons (Fsp3) is 0.143. The number of hydrogen-bond donors (Lipinski definition) is 0. The summed E-state index contributed by atoms with van der Waals surface area (Å²) in [6, 6.07) is 0. The molecule has 0 N–H and O–H groups in total. The quantitative estimate of drug-likeness (QED) is 0.445. The van der Waals surface area contributed by atoms with E-state index >= 15 is 0 Å². The molecule has 0 saturated carbocycles. The smallest absolute Gasteiger partial charge is 0.257 e. The average molecular weight is 135 g/mol. The molecule has 0 fully saturated rings. The highest BCUT2D eigenvalue weighted by Crippen LogP contribution is 2.22. The van der Waals surface area contributed by atoms with E-state index in [0.717, 1.165) is 5.70 Å². The topological polar surface area (TPSA) is 37.4 Å². The second kappa shape index (κ2) is 1.56.